The molecule has 0 fully saturated rings. The zero-order chi connectivity index (χ0) is 14.6. The molecule has 0 spiro atoms. The van der Waals surface area contributed by atoms with Gasteiger partial charge in [-0.05, 0) is 31.9 Å². The van der Waals surface area contributed by atoms with Gasteiger partial charge in [0.1, 0.15) is 0 Å². The van der Waals surface area contributed by atoms with Crippen molar-refractivity contribution in [1.29, 1.82) is 0 Å². The van der Waals surface area contributed by atoms with Crippen LogP contribution in [0, 0.1) is 6.92 Å². The van der Waals surface area contributed by atoms with E-state index < -0.39 is 5.60 Å². The second-order valence-electron chi connectivity index (χ2n) is 5.66. The number of aryl methyl sites for hydroxylation is 1. The Kier molecular flexibility index (Phi) is 4.58. The van der Waals surface area contributed by atoms with Crippen molar-refractivity contribution in [2.75, 3.05) is 6.54 Å². The third-order valence-corrected chi connectivity index (χ3v) is 3.69. The standard InChI is InChI=1S/C18H23NO/c1-14-8-7-9-16(12-14)15(2)19-13-18(3,20)17-10-5-4-6-11-17/h4-12,15,19-20H,13H2,1-3H3/t15-,18?/m1/s1. The molecule has 106 valence electrons. The Balaban J connectivity index is 2.01. The molecule has 2 aromatic carbocycles. The van der Waals surface area contributed by atoms with E-state index in [-0.39, 0.29) is 6.04 Å². The Hall–Kier alpha value is -1.64. The molecule has 0 aliphatic heterocycles. The van der Waals surface area contributed by atoms with E-state index >= 15 is 0 Å². The van der Waals surface area contributed by atoms with Crippen LogP contribution in [0.15, 0.2) is 54.6 Å². The van der Waals surface area contributed by atoms with Gasteiger partial charge in [0.2, 0.25) is 0 Å². The highest BCUT2D eigenvalue weighted by molar-refractivity contribution is 5.25. The molecule has 2 nitrogen and oxygen atoms in total. The minimum atomic E-state index is -0.862. The van der Waals surface area contributed by atoms with Gasteiger partial charge in [0, 0.05) is 12.6 Å². The number of nitrogens with one attached hydrogen (secondary N) is 1. The summed E-state index contributed by atoms with van der Waals surface area (Å²) in [7, 11) is 0. The predicted molar refractivity (Wildman–Crippen MR) is 83.6 cm³/mol. The van der Waals surface area contributed by atoms with E-state index in [1.807, 2.05) is 37.3 Å². The molecule has 2 rings (SSSR count). The largest absolute Gasteiger partial charge is 0.384 e. The fourth-order valence-corrected chi connectivity index (χ4v) is 2.31. The van der Waals surface area contributed by atoms with E-state index in [2.05, 4.69) is 43.4 Å². The van der Waals surface area contributed by atoms with Gasteiger partial charge in [-0.25, -0.2) is 0 Å². The second kappa shape index (κ2) is 6.21. The molecule has 0 aliphatic carbocycles. The van der Waals surface area contributed by atoms with Gasteiger partial charge in [-0.2, -0.15) is 0 Å². The van der Waals surface area contributed by atoms with Gasteiger partial charge in [0.05, 0.1) is 5.60 Å². The molecule has 1 unspecified atom stereocenters. The topological polar surface area (TPSA) is 32.3 Å². The third kappa shape index (κ3) is 3.69. The Bertz CT molecular complexity index is 548. The summed E-state index contributed by atoms with van der Waals surface area (Å²) >= 11 is 0. The van der Waals surface area contributed by atoms with Crippen molar-refractivity contribution in [3.05, 3.63) is 71.3 Å². The monoisotopic (exact) mass is 269 g/mol. The van der Waals surface area contributed by atoms with E-state index in [0.717, 1.165) is 5.56 Å². The number of hydrogen-bond donors (Lipinski definition) is 2. The highest BCUT2D eigenvalue weighted by Crippen LogP contribution is 2.21. The molecular formula is C18H23NO. The van der Waals surface area contributed by atoms with E-state index in [0.29, 0.717) is 6.54 Å². The molecule has 0 aliphatic rings. The summed E-state index contributed by atoms with van der Waals surface area (Å²) < 4.78 is 0. The van der Waals surface area contributed by atoms with Gasteiger partial charge in [-0.1, -0.05) is 60.2 Å². The molecule has 0 amide bonds. The van der Waals surface area contributed by atoms with Crippen molar-refractivity contribution in [3.8, 4) is 0 Å². The van der Waals surface area contributed by atoms with Crippen LogP contribution in [-0.4, -0.2) is 11.7 Å². The maximum Gasteiger partial charge on any atom is 0.0992 e. The Labute approximate surface area is 121 Å². The average Bonchev–Trinajstić information content (AvgIpc) is 2.46. The molecule has 0 heterocycles. The van der Waals surface area contributed by atoms with E-state index in [1.165, 1.54) is 11.1 Å². The van der Waals surface area contributed by atoms with Crippen LogP contribution in [-0.2, 0) is 5.60 Å². The summed E-state index contributed by atoms with van der Waals surface area (Å²) in [6, 6.07) is 18.4. The first-order chi connectivity index (χ1) is 9.49. The van der Waals surface area contributed by atoms with Crippen LogP contribution in [0.25, 0.3) is 0 Å². The van der Waals surface area contributed by atoms with Crippen LogP contribution in [0.3, 0.4) is 0 Å². The summed E-state index contributed by atoms with van der Waals surface area (Å²) in [5.41, 5.74) is 2.57. The Morgan fingerprint density at radius 2 is 1.80 bits per heavy atom. The van der Waals surface area contributed by atoms with Crippen molar-refractivity contribution in [3.63, 3.8) is 0 Å². The number of benzene rings is 2. The van der Waals surface area contributed by atoms with Crippen molar-refractivity contribution >= 4 is 0 Å². The molecule has 0 saturated heterocycles. The van der Waals surface area contributed by atoms with Crippen LogP contribution in [0.2, 0.25) is 0 Å². The molecule has 0 bridgehead atoms. The Morgan fingerprint density at radius 3 is 2.45 bits per heavy atom. The highest BCUT2D eigenvalue weighted by atomic mass is 16.3. The van der Waals surface area contributed by atoms with Gasteiger partial charge < -0.3 is 10.4 Å². The van der Waals surface area contributed by atoms with E-state index in [1.54, 1.807) is 0 Å². The van der Waals surface area contributed by atoms with Crippen molar-refractivity contribution in [1.82, 2.24) is 5.32 Å². The summed E-state index contributed by atoms with van der Waals surface area (Å²) in [5.74, 6) is 0. The van der Waals surface area contributed by atoms with Gasteiger partial charge in [-0.15, -0.1) is 0 Å². The van der Waals surface area contributed by atoms with Gasteiger partial charge in [0.25, 0.3) is 0 Å². The first-order valence-electron chi connectivity index (χ1n) is 7.07. The molecule has 0 aromatic heterocycles. The van der Waals surface area contributed by atoms with E-state index in [9.17, 15) is 5.11 Å². The average molecular weight is 269 g/mol. The molecule has 2 atom stereocenters. The lowest BCUT2D eigenvalue weighted by Gasteiger charge is -2.26. The molecule has 2 aromatic rings. The maximum atomic E-state index is 10.6. The van der Waals surface area contributed by atoms with Crippen LogP contribution >= 0.6 is 0 Å². The summed E-state index contributed by atoms with van der Waals surface area (Å²) in [6.45, 7) is 6.58. The number of rotatable bonds is 5. The zero-order valence-corrected chi connectivity index (χ0v) is 12.4. The minimum absolute atomic E-state index is 0.213. The third-order valence-electron chi connectivity index (χ3n) is 3.69. The summed E-state index contributed by atoms with van der Waals surface area (Å²) in [6.07, 6.45) is 0. The predicted octanol–water partition coefficient (Wildman–Crippen LogP) is 3.55. The lowest BCUT2D eigenvalue weighted by atomic mass is 9.95. The van der Waals surface area contributed by atoms with E-state index in [4.69, 9.17) is 0 Å². The fraction of sp³-hybridized carbons (Fsp3) is 0.333. The Morgan fingerprint density at radius 1 is 1.10 bits per heavy atom. The molecule has 20 heavy (non-hydrogen) atoms. The SMILES string of the molecule is Cc1cccc([C@@H](C)NCC(C)(O)c2ccccc2)c1. The molecule has 2 N–H and O–H groups in total. The second-order valence-corrected chi connectivity index (χ2v) is 5.66. The van der Waals surface area contributed by atoms with Crippen LogP contribution in [0.5, 0.6) is 0 Å². The number of hydrogen-bond acceptors (Lipinski definition) is 2. The van der Waals surface area contributed by atoms with Gasteiger partial charge in [-0.3, -0.25) is 0 Å². The molecule has 2 heteroatoms. The van der Waals surface area contributed by atoms with Crippen LogP contribution < -0.4 is 5.32 Å². The quantitative estimate of drug-likeness (QED) is 0.870. The number of aliphatic hydroxyl groups is 1. The lowest BCUT2D eigenvalue weighted by molar-refractivity contribution is 0.0543. The minimum Gasteiger partial charge on any atom is -0.384 e. The first-order valence-corrected chi connectivity index (χ1v) is 7.07. The smallest absolute Gasteiger partial charge is 0.0992 e. The lowest BCUT2D eigenvalue weighted by Crippen LogP contribution is -2.36. The van der Waals surface area contributed by atoms with Crippen LogP contribution in [0.4, 0.5) is 0 Å². The van der Waals surface area contributed by atoms with Crippen molar-refractivity contribution < 1.29 is 5.11 Å². The van der Waals surface area contributed by atoms with Crippen molar-refractivity contribution in [2.45, 2.75) is 32.4 Å². The van der Waals surface area contributed by atoms with Crippen LogP contribution in [0.1, 0.15) is 36.6 Å². The maximum absolute atomic E-state index is 10.6. The zero-order valence-electron chi connectivity index (χ0n) is 12.4. The fourth-order valence-electron chi connectivity index (χ4n) is 2.31. The molecule has 0 radical (unpaired) electrons. The molecule has 0 saturated carbocycles. The van der Waals surface area contributed by atoms with Gasteiger partial charge in [0.15, 0.2) is 0 Å². The first kappa shape index (κ1) is 14.8. The normalized spacial score (nSPS) is 15.6. The van der Waals surface area contributed by atoms with Crippen molar-refractivity contribution in [2.24, 2.45) is 0 Å². The van der Waals surface area contributed by atoms with Gasteiger partial charge >= 0.3 is 0 Å². The molecular weight excluding hydrogens is 246 g/mol. The summed E-state index contributed by atoms with van der Waals surface area (Å²) in [5, 5.41) is 14.0. The summed E-state index contributed by atoms with van der Waals surface area (Å²) in [4.78, 5) is 0. The highest BCUT2D eigenvalue weighted by Gasteiger charge is 2.23.